The Bertz CT molecular complexity index is 521. The Labute approximate surface area is 124 Å². The summed E-state index contributed by atoms with van der Waals surface area (Å²) in [5, 5.41) is 0.748. The normalized spacial score (nSPS) is 12.7. The number of hydrazine groups is 1. The number of nitrogens with one attached hydrogen (secondary N) is 1. The fourth-order valence-electron chi connectivity index (χ4n) is 1.90. The fourth-order valence-corrected chi connectivity index (χ4v) is 3.73. The van der Waals surface area contributed by atoms with Crippen molar-refractivity contribution in [2.75, 3.05) is 0 Å². The quantitative estimate of drug-likeness (QED) is 0.643. The van der Waals surface area contributed by atoms with Gasteiger partial charge in [-0.25, -0.2) is 0 Å². The van der Waals surface area contributed by atoms with Crippen LogP contribution in [0.2, 0.25) is 5.02 Å². The molecular weight excluding hydrogens is 332 g/mol. The van der Waals surface area contributed by atoms with Gasteiger partial charge < -0.3 is 0 Å². The van der Waals surface area contributed by atoms with Crippen LogP contribution in [0.4, 0.5) is 0 Å². The minimum absolute atomic E-state index is 0.0768. The van der Waals surface area contributed by atoms with E-state index in [1.54, 1.807) is 11.3 Å². The lowest BCUT2D eigenvalue weighted by Gasteiger charge is -2.16. The smallest absolute Gasteiger partial charge is 0.0701 e. The lowest BCUT2D eigenvalue weighted by molar-refractivity contribution is 0.555. The van der Waals surface area contributed by atoms with E-state index in [0.717, 1.165) is 26.4 Å². The molecule has 0 aliphatic carbocycles. The summed E-state index contributed by atoms with van der Waals surface area (Å²) in [6.45, 7) is 2.03. The van der Waals surface area contributed by atoms with Gasteiger partial charge in [-0.15, -0.1) is 11.3 Å². The third kappa shape index (κ3) is 3.56. The van der Waals surface area contributed by atoms with Crippen LogP contribution in [0.1, 0.15) is 22.0 Å². The van der Waals surface area contributed by atoms with Crippen LogP contribution < -0.4 is 11.3 Å². The number of rotatable bonds is 4. The van der Waals surface area contributed by atoms with Crippen molar-refractivity contribution in [2.24, 2.45) is 5.84 Å². The van der Waals surface area contributed by atoms with Gasteiger partial charge in [-0.3, -0.25) is 11.3 Å². The van der Waals surface area contributed by atoms with E-state index < -0.39 is 0 Å². The van der Waals surface area contributed by atoms with Gasteiger partial charge >= 0.3 is 0 Å². The second-order valence-electron chi connectivity index (χ2n) is 4.19. The minimum Gasteiger partial charge on any atom is -0.271 e. The molecule has 0 spiro atoms. The van der Waals surface area contributed by atoms with Crippen molar-refractivity contribution >= 4 is 38.9 Å². The van der Waals surface area contributed by atoms with E-state index in [1.165, 1.54) is 4.88 Å². The van der Waals surface area contributed by atoms with Crippen molar-refractivity contribution in [3.8, 4) is 0 Å². The highest BCUT2D eigenvalue weighted by atomic mass is 79.9. The Morgan fingerprint density at radius 2 is 2.17 bits per heavy atom. The second kappa shape index (κ2) is 6.17. The first kappa shape index (κ1) is 14.0. The van der Waals surface area contributed by atoms with Crippen molar-refractivity contribution < 1.29 is 0 Å². The van der Waals surface area contributed by atoms with E-state index in [0.29, 0.717) is 0 Å². The van der Waals surface area contributed by atoms with Gasteiger partial charge in [0.2, 0.25) is 0 Å². The van der Waals surface area contributed by atoms with Gasteiger partial charge in [0.05, 0.1) is 9.83 Å². The van der Waals surface area contributed by atoms with Crippen molar-refractivity contribution in [1.29, 1.82) is 0 Å². The van der Waals surface area contributed by atoms with Crippen LogP contribution in [0.3, 0.4) is 0 Å². The van der Waals surface area contributed by atoms with Crippen LogP contribution in [0.25, 0.3) is 0 Å². The SMILES string of the molecule is Cc1cc(Cl)cc(C(Cc2ccc(Br)s2)NN)c1. The topological polar surface area (TPSA) is 38.0 Å². The first-order valence-corrected chi connectivity index (χ1v) is 7.54. The molecule has 1 atom stereocenters. The third-order valence-corrected chi connectivity index (χ3v) is 4.57. The minimum atomic E-state index is 0.0768. The highest BCUT2D eigenvalue weighted by molar-refractivity contribution is 9.11. The number of hydrogen-bond donors (Lipinski definition) is 2. The largest absolute Gasteiger partial charge is 0.271 e. The van der Waals surface area contributed by atoms with Crippen LogP contribution in [0.15, 0.2) is 34.1 Å². The van der Waals surface area contributed by atoms with Gasteiger partial charge in [-0.05, 0) is 58.2 Å². The molecule has 0 fully saturated rings. The number of halogens is 2. The molecule has 1 aromatic heterocycles. The molecule has 1 heterocycles. The van der Waals surface area contributed by atoms with Gasteiger partial charge in [0, 0.05) is 16.3 Å². The summed E-state index contributed by atoms with van der Waals surface area (Å²) in [5.74, 6) is 5.66. The summed E-state index contributed by atoms with van der Waals surface area (Å²) in [4.78, 5) is 1.28. The molecule has 1 unspecified atom stereocenters. The van der Waals surface area contributed by atoms with Gasteiger partial charge in [0.1, 0.15) is 0 Å². The van der Waals surface area contributed by atoms with Crippen molar-refractivity contribution in [3.05, 3.63) is 55.1 Å². The highest BCUT2D eigenvalue weighted by Gasteiger charge is 2.13. The maximum absolute atomic E-state index is 6.08. The van der Waals surface area contributed by atoms with E-state index in [4.69, 9.17) is 17.4 Å². The standard InChI is InChI=1S/C13H14BrClN2S/c1-8-4-9(6-10(15)5-8)12(17-16)7-11-2-3-13(14)18-11/h2-6,12,17H,7,16H2,1H3. The molecule has 2 nitrogen and oxygen atoms in total. The van der Waals surface area contributed by atoms with Gasteiger partial charge in [0.15, 0.2) is 0 Å². The lowest BCUT2D eigenvalue weighted by atomic mass is 10.0. The molecule has 3 N–H and O–H groups in total. The Balaban J connectivity index is 2.22. The molecule has 0 saturated heterocycles. The molecule has 2 aromatic rings. The zero-order valence-corrected chi connectivity index (χ0v) is 13.1. The van der Waals surface area contributed by atoms with Crippen molar-refractivity contribution in [2.45, 2.75) is 19.4 Å². The van der Waals surface area contributed by atoms with Crippen LogP contribution in [-0.2, 0) is 6.42 Å². The average Bonchev–Trinajstić information content (AvgIpc) is 2.70. The predicted octanol–water partition coefficient (Wildman–Crippen LogP) is 4.22. The fraction of sp³-hybridized carbons (Fsp3) is 0.231. The molecule has 0 aliphatic heterocycles. The average molecular weight is 346 g/mol. The molecular formula is C13H14BrClN2S. The monoisotopic (exact) mass is 344 g/mol. The molecule has 2 rings (SSSR count). The summed E-state index contributed by atoms with van der Waals surface area (Å²) in [6, 6.07) is 10.3. The Morgan fingerprint density at radius 3 is 2.72 bits per heavy atom. The molecule has 96 valence electrons. The van der Waals surface area contributed by atoms with Gasteiger partial charge in [0.25, 0.3) is 0 Å². The van der Waals surface area contributed by atoms with Crippen molar-refractivity contribution in [3.63, 3.8) is 0 Å². The number of thiophene rings is 1. The van der Waals surface area contributed by atoms with Gasteiger partial charge in [-0.1, -0.05) is 17.7 Å². The maximum Gasteiger partial charge on any atom is 0.0701 e. The van der Waals surface area contributed by atoms with Crippen molar-refractivity contribution in [1.82, 2.24) is 5.43 Å². The summed E-state index contributed by atoms with van der Waals surface area (Å²) in [5.41, 5.74) is 5.12. The predicted molar refractivity (Wildman–Crippen MR) is 82.0 cm³/mol. The molecule has 5 heteroatoms. The van der Waals surface area contributed by atoms with E-state index in [1.807, 2.05) is 19.1 Å². The summed E-state index contributed by atoms with van der Waals surface area (Å²) in [7, 11) is 0. The zero-order chi connectivity index (χ0) is 13.1. The number of aryl methyl sites for hydroxylation is 1. The Morgan fingerprint density at radius 1 is 1.39 bits per heavy atom. The third-order valence-electron chi connectivity index (χ3n) is 2.70. The molecule has 0 bridgehead atoms. The molecule has 1 aromatic carbocycles. The van der Waals surface area contributed by atoms with Crippen LogP contribution >= 0.6 is 38.9 Å². The first-order valence-electron chi connectivity index (χ1n) is 5.56. The van der Waals surface area contributed by atoms with E-state index >= 15 is 0 Å². The van der Waals surface area contributed by atoms with Crippen LogP contribution in [-0.4, -0.2) is 0 Å². The molecule has 0 amide bonds. The van der Waals surface area contributed by atoms with E-state index in [-0.39, 0.29) is 6.04 Å². The van der Waals surface area contributed by atoms with Gasteiger partial charge in [-0.2, -0.15) is 0 Å². The number of hydrogen-bond acceptors (Lipinski definition) is 3. The first-order chi connectivity index (χ1) is 8.58. The summed E-state index contributed by atoms with van der Waals surface area (Å²) >= 11 is 11.3. The summed E-state index contributed by atoms with van der Waals surface area (Å²) < 4.78 is 1.13. The van der Waals surface area contributed by atoms with Crippen LogP contribution in [0, 0.1) is 6.92 Å². The number of benzene rings is 1. The maximum atomic E-state index is 6.08. The van der Waals surface area contributed by atoms with E-state index in [2.05, 4.69) is 39.6 Å². The molecule has 0 aliphatic rings. The Kier molecular flexibility index (Phi) is 4.81. The van der Waals surface area contributed by atoms with E-state index in [9.17, 15) is 0 Å². The molecule has 18 heavy (non-hydrogen) atoms. The van der Waals surface area contributed by atoms with Crippen LogP contribution in [0.5, 0.6) is 0 Å². The zero-order valence-electron chi connectivity index (χ0n) is 9.91. The summed E-state index contributed by atoms with van der Waals surface area (Å²) in [6.07, 6.45) is 0.854. The second-order valence-corrected chi connectivity index (χ2v) is 7.18. The number of nitrogens with two attached hydrogens (primary N) is 1. The molecule has 0 radical (unpaired) electrons. The lowest BCUT2D eigenvalue weighted by Crippen LogP contribution is -2.29. The molecule has 0 saturated carbocycles. The highest BCUT2D eigenvalue weighted by Crippen LogP contribution is 2.28. The Hall–Kier alpha value is -0.390.